The molecule has 1 N–H and O–H groups in total. The molecule has 1 heterocycles. The number of carbonyl (C=O) groups excluding carboxylic acids is 2. The minimum atomic E-state index is -0.230. The smallest absolute Gasteiger partial charge is 0.243 e. The van der Waals surface area contributed by atoms with Gasteiger partial charge in [-0.3, -0.25) is 14.5 Å². The molecule has 32 heavy (non-hydrogen) atoms. The van der Waals surface area contributed by atoms with Crippen LogP contribution in [0.3, 0.4) is 0 Å². The van der Waals surface area contributed by atoms with E-state index >= 15 is 0 Å². The Hall–Kier alpha value is -2.70. The van der Waals surface area contributed by atoms with E-state index in [1.54, 1.807) is 7.05 Å². The van der Waals surface area contributed by atoms with Crippen LogP contribution in [0.5, 0.6) is 0 Å². The van der Waals surface area contributed by atoms with Crippen molar-refractivity contribution >= 4 is 17.5 Å². The standard InChI is InChI=1S/C26H36N4O2/c1-4-23-12-8-9-13-24(23)27-25(31)20-28(3)26(32)21(2)30-18-16-29(17-19-30)15-14-22-10-6-5-7-11-22/h5-13,21H,4,14-20H2,1-3H3,(H,27,31). The number of carbonyl (C=O) groups is 2. The lowest BCUT2D eigenvalue weighted by molar-refractivity contribution is -0.138. The van der Waals surface area contributed by atoms with Crippen LogP contribution >= 0.6 is 0 Å². The van der Waals surface area contributed by atoms with Crippen molar-refractivity contribution < 1.29 is 9.59 Å². The molecule has 2 aromatic rings. The van der Waals surface area contributed by atoms with Crippen LogP contribution in [-0.4, -0.2) is 78.9 Å². The lowest BCUT2D eigenvalue weighted by Gasteiger charge is -2.38. The Kier molecular flexibility index (Phi) is 8.82. The predicted octanol–water partition coefficient (Wildman–Crippen LogP) is 2.89. The molecule has 0 radical (unpaired) electrons. The Morgan fingerprint density at radius 2 is 1.66 bits per heavy atom. The van der Waals surface area contributed by atoms with Crippen molar-refractivity contribution in [2.24, 2.45) is 0 Å². The van der Waals surface area contributed by atoms with Crippen molar-refractivity contribution in [2.45, 2.75) is 32.7 Å². The van der Waals surface area contributed by atoms with Gasteiger partial charge in [-0.25, -0.2) is 0 Å². The normalized spacial score (nSPS) is 15.8. The first-order chi connectivity index (χ1) is 15.5. The third-order valence-corrected chi connectivity index (χ3v) is 6.30. The summed E-state index contributed by atoms with van der Waals surface area (Å²) in [5, 5.41) is 2.95. The van der Waals surface area contributed by atoms with Crippen LogP contribution < -0.4 is 5.32 Å². The van der Waals surface area contributed by atoms with Gasteiger partial charge in [0.05, 0.1) is 12.6 Å². The van der Waals surface area contributed by atoms with E-state index < -0.39 is 0 Å². The highest BCUT2D eigenvalue weighted by Gasteiger charge is 2.28. The van der Waals surface area contributed by atoms with Gasteiger partial charge in [0.1, 0.15) is 0 Å². The number of nitrogens with zero attached hydrogens (tertiary/aromatic N) is 3. The molecule has 1 fully saturated rings. The van der Waals surface area contributed by atoms with Crippen molar-refractivity contribution in [3.05, 3.63) is 65.7 Å². The second kappa shape index (κ2) is 11.8. The Balaban J connectivity index is 1.43. The number of amides is 2. The van der Waals surface area contributed by atoms with E-state index in [4.69, 9.17) is 0 Å². The molecular formula is C26H36N4O2. The molecule has 1 saturated heterocycles. The van der Waals surface area contributed by atoms with Crippen LogP contribution in [0, 0.1) is 0 Å². The van der Waals surface area contributed by atoms with Gasteiger partial charge in [0, 0.05) is 45.5 Å². The van der Waals surface area contributed by atoms with E-state index in [9.17, 15) is 9.59 Å². The monoisotopic (exact) mass is 436 g/mol. The van der Waals surface area contributed by atoms with Gasteiger partial charge in [-0.15, -0.1) is 0 Å². The third-order valence-electron chi connectivity index (χ3n) is 6.30. The van der Waals surface area contributed by atoms with E-state index in [2.05, 4.69) is 46.3 Å². The van der Waals surface area contributed by atoms with Gasteiger partial charge >= 0.3 is 0 Å². The first-order valence-corrected chi connectivity index (χ1v) is 11.6. The molecule has 0 bridgehead atoms. The molecule has 0 saturated carbocycles. The van der Waals surface area contributed by atoms with Crippen molar-refractivity contribution in [3.8, 4) is 0 Å². The van der Waals surface area contributed by atoms with Crippen LogP contribution in [0.4, 0.5) is 5.69 Å². The number of hydrogen-bond acceptors (Lipinski definition) is 4. The number of nitrogens with one attached hydrogen (secondary N) is 1. The minimum absolute atomic E-state index is 0.0123. The molecule has 0 spiro atoms. The van der Waals surface area contributed by atoms with Gasteiger partial charge in [-0.2, -0.15) is 0 Å². The maximum absolute atomic E-state index is 12.9. The highest BCUT2D eigenvalue weighted by molar-refractivity contribution is 5.95. The molecule has 0 aliphatic carbocycles. The van der Waals surface area contributed by atoms with Crippen LogP contribution in [-0.2, 0) is 22.4 Å². The summed E-state index contributed by atoms with van der Waals surface area (Å²) < 4.78 is 0. The maximum Gasteiger partial charge on any atom is 0.243 e. The van der Waals surface area contributed by atoms with Gasteiger partial charge < -0.3 is 15.1 Å². The number of para-hydroxylation sites is 1. The van der Waals surface area contributed by atoms with Crippen molar-refractivity contribution in [1.82, 2.24) is 14.7 Å². The molecule has 172 valence electrons. The first kappa shape index (κ1) is 24.0. The largest absolute Gasteiger partial charge is 0.335 e. The predicted molar refractivity (Wildman–Crippen MR) is 130 cm³/mol. The van der Waals surface area contributed by atoms with Gasteiger partial charge in [0.2, 0.25) is 11.8 Å². The van der Waals surface area contributed by atoms with E-state index in [1.807, 2.05) is 37.3 Å². The fraction of sp³-hybridized carbons (Fsp3) is 0.462. The van der Waals surface area contributed by atoms with Crippen molar-refractivity contribution in [2.75, 3.05) is 51.6 Å². The summed E-state index contributed by atoms with van der Waals surface area (Å²) in [6.07, 6.45) is 1.90. The third kappa shape index (κ3) is 6.65. The van der Waals surface area contributed by atoms with Gasteiger partial charge in [-0.05, 0) is 37.0 Å². The topological polar surface area (TPSA) is 55.9 Å². The molecule has 6 nitrogen and oxygen atoms in total. The molecule has 2 amide bonds. The van der Waals surface area contributed by atoms with Crippen LogP contribution in [0.15, 0.2) is 54.6 Å². The van der Waals surface area contributed by atoms with E-state index in [1.165, 1.54) is 10.5 Å². The van der Waals surface area contributed by atoms with Crippen LogP contribution in [0.2, 0.25) is 0 Å². The highest BCUT2D eigenvalue weighted by atomic mass is 16.2. The zero-order valence-corrected chi connectivity index (χ0v) is 19.6. The molecule has 1 aliphatic rings. The number of rotatable bonds is 9. The number of piperazine rings is 1. The highest BCUT2D eigenvalue weighted by Crippen LogP contribution is 2.15. The van der Waals surface area contributed by atoms with Gasteiger partial charge in [0.15, 0.2) is 0 Å². The first-order valence-electron chi connectivity index (χ1n) is 11.6. The molecule has 1 aliphatic heterocycles. The summed E-state index contributed by atoms with van der Waals surface area (Å²) in [6, 6.07) is 18.1. The average molecular weight is 437 g/mol. The van der Waals surface area contributed by atoms with Crippen molar-refractivity contribution in [1.29, 1.82) is 0 Å². The molecule has 0 aromatic heterocycles. The summed E-state index contributed by atoms with van der Waals surface area (Å²) >= 11 is 0. The number of aryl methyl sites for hydroxylation is 1. The van der Waals surface area contributed by atoms with E-state index in [0.717, 1.165) is 56.8 Å². The lowest BCUT2D eigenvalue weighted by atomic mass is 10.1. The average Bonchev–Trinajstić information content (AvgIpc) is 2.83. The summed E-state index contributed by atoms with van der Waals surface area (Å²) in [4.78, 5) is 31.7. The lowest BCUT2D eigenvalue weighted by Crippen LogP contribution is -2.54. The maximum atomic E-state index is 12.9. The van der Waals surface area contributed by atoms with E-state index in [-0.39, 0.29) is 24.4 Å². The van der Waals surface area contributed by atoms with Gasteiger partial charge in [-0.1, -0.05) is 55.5 Å². The van der Waals surface area contributed by atoms with Crippen molar-refractivity contribution in [3.63, 3.8) is 0 Å². The Bertz CT molecular complexity index is 878. The molecule has 6 heteroatoms. The number of anilines is 1. The summed E-state index contributed by atoms with van der Waals surface area (Å²) in [5.41, 5.74) is 3.27. The minimum Gasteiger partial charge on any atom is -0.335 e. The van der Waals surface area contributed by atoms with Crippen LogP contribution in [0.1, 0.15) is 25.0 Å². The Labute approximate surface area is 192 Å². The molecule has 2 aromatic carbocycles. The second-order valence-corrected chi connectivity index (χ2v) is 8.54. The molecule has 1 atom stereocenters. The second-order valence-electron chi connectivity index (χ2n) is 8.54. The fourth-order valence-electron chi connectivity index (χ4n) is 4.21. The number of hydrogen-bond donors (Lipinski definition) is 1. The Morgan fingerprint density at radius 1 is 1.00 bits per heavy atom. The number of benzene rings is 2. The molecule has 3 rings (SSSR count). The van der Waals surface area contributed by atoms with Gasteiger partial charge in [0.25, 0.3) is 0 Å². The molecule has 1 unspecified atom stereocenters. The summed E-state index contributed by atoms with van der Waals surface area (Å²) in [6.45, 7) is 8.76. The summed E-state index contributed by atoms with van der Waals surface area (Å²) in [5.74, 6) is -0.179. The fourth-order valence-corrected chi connectivity index (χ4v) is 4.21. The quantitative estimate of drug-likeness (QED) is 0.657. The zero-order chi connectivity index (χ0) is 22.9. The van der Waals surface area contributed by atoms with Crippen LogP contribution in [0.25, 0.3) is 0 Å². The SMILES string of the molecule is CCc1ccccc1NC(=O)CN(C)C(=O)C(C)N1CCN(CCc2ccccc2)CC1. The summed E-state index contributed by atoms with van der Waals surface area (Å²) in [7, 11) is 1.71. The van der Waals surface area contributed by atoms with E-state index in [0.29, 0.717) is 0 Å². The number of likely N-dealkylation sites (N-methyl/N-ethyl adjacent to an activating group) is 1. The Morgan fingerprint density at radius 3 is 2.34 bits per heavy atom. The zero-order valence-electron chi connectivity index (χ0n) is 19.6. The molecular weight excluding hydrogens is 400 g/mol.